The van der Waals surface area contributed by atoms with E-state index in [0.717, 1.165) is 0 Å². The van der Waals surface area contributed by atoms with Gasteiger partial charge in [-0.1, -0.05) is 0 Å². The summed E-state index contributed by atoms with van der Waals surface area (Å²) in [5, 5.41) is 0. The quantitative estimate of drug-likeness (QED) is 0.623. The molecule has 4 heteroatoms. The Balaban J connectivity index is 2.83. The topological polar surface area (TPSA) is 46.5 Å². The van der Waals surface area contributed by atoms with Crippen LogP contribution in [0.5, 0.6) is 0 Å². The summed E-state index contributed by atoms with van der Waals surface area (Å²) < 4.78 is 21.9. The summed E-state index contributed by atoms with van der Waals surface area (Å²) in [5.41, 5.74) is 0. The summed E-state index contributed by atoms with van der Waals surface area (Å²) in [4.78, 5) is 0. The van der Waals surface area contributed by atoms with Gasteiger partial charge in [-0.05, 0) is 0 Å². The summed E-state index contributed by atoms with van der Waals surface area (Å²) in [5.74, 6) is 0. The maximum atomic E-state index is 9.66. The van der Waals surface area contributed by atoms with Crippen LogP contribution in [0.3, 0.4) is 0 Å². The first-order valence-corrected chi connectivity index (χ1v) is 4.73. The molecule has 0 rings (SSSR count). The monoisotopic (exact) mass is 168 g/mol. The Morgan fingerprint density at radius 3 is 2.50 bits per heavy atom. The summed E-state index contributed by atoms with van der Waals surface area (Å²) in [6.07, 6.45) is 0. The second-order valence-corrected chi connectivity index (χ2v) is 2.72. The Hall–Kier alpha value is 0.603. The van der Waals surface area contributed by atoms with E-state index in [-0.39, 0.29) is 0 Å². The van der Waals surface area contributed by atoms with Crippen LogP contribution >= 0.6 is 0 Å². The van der Waals surface area contributed by atoms with Crippen molar-refractivity contribution in [1.29, 1.82) is 0 Å². The molecule has 0 spiro atoms. The van der Waals surface area contributed by atoms with Crippen molar-refractivity contribution in [3.8, 4) is 0 Å². The molecule has 1 N–H and O–H groups in total. The molecule has 0 aliphatic heterocycles. The second-order valence-electron chi connectivity index (χ2n) is 0.699. The zero-order chi connectivity index (χ0) is 4.99. The van der Waals surface area contributed by atoms with E-state index in [9.17, 15) is 2.81 Å². The molecule has 0 unspecified atom stereocenters. The normalized spacial score (nSPS) is 8.33. The Kier molecular flexibility index (Phi) is 4.16. The average Bonchev–Trinajstić information content (AvgIpc) is 1.35. The zero-order valence-electron chi connectivity index (χ0n) is 3.47. The van der Waals surface area contributed by atoms with Crippen LogP contribution in [0.25, 0.3) is 0 Å². The Morgan fingerprint density at radius 1 is 2.00 bits per heavy atom. The molecule has 0 aliphatic carbocycles. The molecule has 6 heavy (non-hydrogen) atoms. The molecule has 0 bridgehead atoms. The Bertz CT molecular complexity index is 52.8. The van der Waals surface area contributed by atoms with Crippen LogP contribution in [-0.2, 0) is 28.3 Å². The molecule has 0 aromatic carbocycles. The van der Waals surface area contributed by atoms with Crippen LogP contribution in [0.15, 0.2) is 0 Å². The number of hydrogen-bond donors (Lipinski definition) is 1. The summed E-state index contributed by atoms with van der Waals surface area (Å²) in [7, 11) is 0. The molecule has 0 radical (unpaired) electrons. The third-order valence-corrected chi connectivity index (χ3v) is 1.58. The third kappa shape index (κ3) is 4.60. The van der Waals surface area contributed by atoms with Crippen molar-refractivity contribution in [3.05, 3.63) is 0 Å². The SMILES string of the molecule is CC[O][Zr](=[O])[OH]. The fourth-order valence-electron chi connectivity index (χ4n) is 0.123. The van der Waals surface area contributed by atoms with Crippen LogP contribution in [0.1, 0.15) is 6.92 Å². The predicted molar refractivity (Wildman–Crippen MR) is 14.5 cm³/mol. The van der Waals surface area contributed by atoms with Crippen molar-refractivity contribution in [2.75, 3.05) is 6.61 Å². The van der Waals surface area contributed by atoms with Crippen LogP contribution in [0, 0.1) is 0 Å². The van der Waals surface area contributed by atoms with Gasteiger partial charge < -0.3 is 0 Å². The molecule has 0 heterocycles. The first kappa shape index (κ1) is 6.60. The molecule has 0 aromatic rings. The first-order chi connectivity index (χ1) is 2.77. The van der Waals surface area contributed by atoms with E-state index < -0.39 is 22.6 Å². The van der Waals surface area contributed by atoms with Gasteiger partial charge in [0, 0.05) is 0 Å². The average molecular weight is 169 g/mol. The first-order valence-electron chi connectivity index (χ1n) is 1.63. The van der Waals surface area contributed by atoms with Gasteiger partial charge in [0.1, 0.15) is 0 Å². The van der Waals surface area contributed by atoms with Gasteiger partial charge in [-0.2, -0.15) is 0 Å². The molecule has 0 amide bonds. The van der Waals surface area contributed by atoms with E-state index in [1.165, 1.54) is 0 Å². The summed E-state index contributed by atoms with van der Waals surface area (Å²) in [6.45, 7) is 2.05. The second kappa shape index (κ2) is 3.78. The van der Waals surface area contributed by atoms with Crippen molar-refractivity contribution >= 4 is 0 Å². The van der Waals surface area contributed by atoms with Gasteiger partial charge >= 0.3 is 45.0 Å². The molecule has 36 valence electrons. The van der Waals surface area contributed by atoms with Gasteiger partial charge in [0.05, 0.1) is 0 Å². The van der Waals surface area contributed by atoms with Crippen LogP contribution in [0.2, 0.25) is 0 Å². The zero-order valence-corrected chi connectivity index (χ0v) is 5.93. The van der Waals surface area contributed by atoms with Crippen LogP contribution in [-0.4, -0.2) is 9.79 Å². The van der Waals surface area contributed by atoms with Gasteiger partial charge in [0.2, 0.25) is 0 Å². The minimum atomic E-state index is -3.37. The Morgan fingerprint density at radius 2 is 2.50 bits per heavy atom. The summed E-state index contributed by atoms with van der Waals surface area (Å²) in [6, 6.07) is 0. The van der Waals surface area contributed by atoms with Gasteiger partial charge in [-0.25, -0.2) is 0 Å². The predicted octanol–water partition coefficient (Wildman–Crippen LogP) is -0.191. The molecule has 0 aromatic heterocycles. The van der Waals surface area contributed by atoms with E-state index in [1.807, 2.05) is 0 Å². The molecule has 0 fully saturated rings. The van der Waals surface area contributed by atoms with Crippen LogP contribution < -0.4 is 0 Å². The molecule has 0 saturated heterocycles. The van der Waals surface area contributed by atoms with Crippen molar-refractivity contribution in [1.82, 2.24) is 0 Å². The van der Waals surface area contributed by atoms with E-state index in [4.69, 9.17) is 3.18 Å². The summed E-state index contributed by atoms with van der Waals surface area (Å²) >= 11 is -3.37. The van der Waals surface area contributed by atoms with Gasteiger partial charge in [0.15, 0.2) is 0 Å². The van der Waals surface area contributed by atoms with Gasteiger partial charge in [-0.15, -0.1) is 0 Å². The van der Waals surface area contributed by atoms with E-state index in [0.29, 0.717) is 6.61 Å². The van der Waals surface area contributed by atoms with Crippen LogP contribution in [0.4, 0.5) is 0 Å². The minimum absolute atomic E-state index is 0.356. The molecule has 3 nitrogen and oxygen atoms in total. The molecule has 0 atom stereocenters. The Labute approximate surface area is 45.3 Å². The third-order valence-electron chi connectivity index (χ3n) is 0.268. The van der Waals surface area contributed by atoms with Gasteiger partial charge in [0.25, 0.3) is 0 Å². The van der Waals surface area contributed by atoms with Crippen molar-refractivity contribution in [2.24, 2.45) is 0 Å². The fourth-order valence-corrected chi connectivity index (χ4v) is 0.730. The fraction of sp³-hybridized carbons (Fsp3) is 1.00. The molecular formula is C2H6O3Zr. The van der Waals surface area contributed by atoms with Crippen molar-refractivity contribution < 1.29 is 31.4 Å². The molecule has 0 saturated carbocycles. The standard InChI is InChI=1S/C2H5O.H2O.O.Zr/c1-2-3;;;/h2H2,1H3;1H2;;/q-1;;;+2/p-1. The van der Waals surface area contributed by atoms with E-state index in [2.05, 4.69) is 2.81 Å². The maximum absolute atomic E-state index is 9.66. The number of rotatable bonds is 2. The number of hydrogen-bond acceptors (Lipinski definition) is 2. The van der Waals surface area contributed by atoms with Gasteiger partial charge in [-0.3, -0.25) is 0 Å². The van der Waals surface area contributed by atoms with E-state index >= 15 is 0 Å². The van der Waals surface area contributed by atoms with E-state index in [1.54, 1.807) is 6.92 Å². The van der Waals surface area contributed by atoms with Crippen molar-refractivity contribution in [3.63, 3.8) is 0 Å². The molecule has 0 aliphatic rings. The molecular weight excluding hydrogens is 163 g/mol. The van der Waals surface area contributed by atoms with Crippen molar-refractivity contribution in [2.45, 2.75) is 6.92 Å².